The zero-order valence-electron chi connectivity index (χ0n) is 12.0. The van der Waals surface area contributed by atoms with Crippen LogP contribution in [0, 0.1) is 0 Å². The molecule has 5 nitrogen and oxygen atoms in total. The highest BCUT2D eigenvalue weighted by Crippen LogP contribution is 2.23. The number of hydrogen-bond donors (Lipinski definition) is 0. The number of hydrogen-bond acceptors (Lipinski definition) is 4. The number of nitrogens with zero attached hydrogens (tertiary/aromatic N) is 2. The van der Waals surface area contributed by atoms with Gasteiger partial charge in [0, 0.05) is 18.7 Å². The largest absolute Gasteiger partial charge is 0.298 e. The lowest BCUT2D eigenvalue weighted by atomic mass is 10.0. The first-order valence-electron chi connectivity index (χ1n) is 6.28. The lowest BCUT2D eigenvalue weighted by Crippen LogP contribution is -2.41. The van der Waals surface area contributed by atoms with Crippen molar-refractivity contribution in [3.63, 3.8) is 0 Å². The van der Waals surface area contributed by atoms with Gasteiger partial charge < -0.3 is 0 Å². The number of fused-ring (bicyclic) bond motifs is 1. The number of aromatic nitrogens is 2. The normalized spacial score (nSPS) is 12.8. The summed E-state index contributed by atoms with van der Waals surface area (Å²) in [5, 5.41) is 5.21. The van der Waals surface area contributed by atoms with E-state index in [2.05, 4.69) is 5.10 Å². The summed E-state index contributed by atoms with van der Waals surface area (Å²) in [6.07, 6.45) is 1.10. The molecule has 0 saturated heterocycles. The Morgan fingerprint density at radius 1 is 1.30 bits per heavy atom. The summed E-state index contributed by atoms with van der Waals surface area (Å²) in [5.74, 6) is -0.344. The fourth-order valence-electron chi connectivity index (χ4n) is 1.99. The van der Waals surface area contributed by atoms with Gasteiger partial charge in [0.1, 0.15) is 4.75 Å². The van der Waals surface area contributed by atoms with Crippen LogP contribution in [0.25, 0.3) is 10.9 Å². The highest BCUT2D eigenvalue weighted by molar-refractivity contribution is 7.92. The first kappa shape index (κ1) is 14.7. The predicted octanol–water partition coefficient (Wildman–Crippen LogP) is 1.51. The van der Waals surface area contributed by atoms with E-state index >= 15 is 0 Å². The second-order valence-corrected chi connectivity index (χ2v) is 8.03. The lowest BCUT2D eigenvalue weighted by Gasteiger charge is -2.20. The fraction of sp³-hybridized carbons (Fsp3) is 0.429. The second-order valence-electron chi connectivity index (χ2n) is 5.47. The van der Waals surface area contributed by atoms with Crippen LogP contribution in [0.1, 0.15) is 19.5 Å². The summed E-state index contributed by atoms with van der Waals surface area (Å²) in [7, 11) is -1.65. The van der Waals surface area contributed by atoms with Gasteiger partial charge >= 0.3 is 0 Å². The van der Waals surface area contributed by atoms with Crippen LogP contribution >= 0.6 is 0 Å². The summed E-state index contributed by atoms with van der Waals surface area (Å²) >= 11 is 0. The average molecular weight is 294 g/mol. The number of benzene rings is 1. The summed E-state index contributed by atoms with van der Waals surface area (Å²) < 4.78 is 23.7. The van der Waals surface area contributed by atoms with Crippen molar-refractivity contribution in [2.45, 2.75) is 25.0 Å². The van der Waals surface area contributed by atoms with E-state index in [1.54, 1.807) is 11.7 Å². The summed E-state index contributed by atoms with van der Waals surface area (Å²) in [6.45, 7) is 2.88. The molecule has 0 aliphatic carbocycles. The van der Waals surface area contributed by atoms with Gasteiger partial charge in [-0.1, -0.05) is 18.2 Å². The Balaban J connectivity index is 2.41. The van der Waals surface area contributed by atoms with Gasteiger partial charge in [0.25, 0.3) is 0 Å². The van der Waals surface area contributed by atoms with E-state index in [1.165, 1.54) is 13.8 Å². The zero-order valence-corrected chi connectivity index (χ0v) is 12.9. The Labute approximate surface area is 118 Å². The van der Waals surface area contributed by atoms with E-state index in [0.717, 1.165) is 17.2 Å². The maximum Gasteiger partial charge on any atom is 0.159 e. The van der Waals surface area contributed by atoms with Crippen molar-refractivity contribution in [2.24, 2.45) is 7.05 Å². The fourth-order valence-corrected chi connectivity index (χ4v) is 2.48. The van der Waals surface area contributed by atoms with E-state index in [4.69, 9.17) is 0 Å². The minimum absolute atomic E-state index is 0.0153. The number of para-hydroxylation sites is 1. The third-order valence-corrected chi connectivity index (χ3v) is 5.84. The number of ketones is 1. The number of carbonyl (C=O) groups excluding carboxylic acids is 1. The van der Waals surface area contributed by atoms with E-state index in [-0.39, 0.29) is 12.2 Å². The van der Waals surface area contributed by atoms with Gasteiger partial charge in [0.05, 0.1) is 17.6 Å². The van der Waals surface area contributed by atoms with Crippen molar-refractivity contribution in [3.8, 4) is 0 Å². The van der Waals surface area contributed by atoms with Crippen molar-refractivity contribution in [2.75, 3.05) is 6.26 Å². The van der Waals surface area contributed by atoms with E-state index in [1.807, 2.05) is 24.3 Å². The van der Waals surface area contributed by atoms with E-state index in [9.17, 15) is 13.2 Å². The number of carbonyl (C=O) groups is 1. The van der Waals surface area contributed by atoms with Crippen molar-refractivity contribution in [3.05, 3.63) is 30.0 Å². The molecular weight excluding hydrogens is 276 g/mol. The molecule has 2 rings (SSSR count). The van der Waals surface area contributed by atoms with Crippen LogP contribution in [0.2, 0.25) is 0 Å². The highest BCUT2D eigenvalue weighted by Gasteiger charge is 2.38. The molecule has 6 heteroatoms. The van der Waals surface area contributed by atoms with Crippen LogP contribution in [-0.4, -0.2) is 35.0 Å². The molecule has 0 radical (unpaired) electrons. The molecule has 0 spiro atoms. The first-order chi connectivity index (χ1) is 9.14. The molecule has 2 aromatic rings. The van der Waals surface area contributed by atoms with Gasteiger partial charge in [0.2, 0.25) is 0 Å². The van der Waals surface area contributed by atoms with Crippen LogP contribution in [0.15, 0.2) is 24.3 Å². The monoisotopic (exact) mass is 294 g/mol. The number of sulfone groups is 1. The van der Waals surface area contributed by atoms with Crippen LogP contribution in [0.3, 0.4) is 0 Å². The standard InChI is InChI=1S/C14H18N2O3S/c1-14(2,20(4,18)19)13(17)9-11-10-7-5-6-8-12(10)16(3)15-11/h5-8H,9H2,1-4H3. The molecule has 0 aliphatic heterocycles. The molecular formula is C14H18N2O3S. The number of Topliss-reactive ketones (excluding diaryl/α,β-unsaturated/α-hetero) is 1. The highest BCUT2D eigenvalue weighted by atomic mass is 32.2. The van der Waals surface area contributed by atoms with Crippen LogP contribution in [-0.2, 0) is 28.1 Å². The SMILES string of the molecule is Cn1nc(CC(=O)C(C)(C)S(C)(=O)=O)c2ccccc21. The summed E-state index contributed by atoms with van der Waals surface area (Å²) in [6, 6.07) is 7.58. The summed E-state index contributed by atoms with van der Waals surface area (Å²) in [4.78, 5) is 12.3. The molecule has 1 aromatic heterocycles. The Hall–Kier alpha value is -1.69. The minimum atomic E-state index is -3.45. The molecule has 0 bridgehead atoms. The van der Waals surface area contributed by atoms with Crippen molar-refractivity contribution >= 4 is 26.5 Å². The molecule has 0 saturated carbocycles. The maximum absolute atomic E-state index is 12.3. The minimum Gasteiger partial charge on any atom is -0.298 e. The first-order valence-corrected chi connectivity index (χ1v) is 8.17. The molecule has 0 fully saturated rings. The van der Waals surface area contributed by atoms with Gasteiger partial charge in [-0.2, -0.15) is 5.10 Å². The third kappa shape index (κ3) is 2.35. The van der Waals surface area contributed by atoms with Crippen LogP contribution in [0.4, 0.5) is 0 Å². The van der Waals surface area contributed by atoms with Crippen molar-refractivity contribution in [1.82, 2.24) is 9.78 Å². The quantitative estimate of drug-likeness (QED) is 0.857. The van der Waals surface area contributed by atoms with E-state index in [0.29, 0.717) is 5.69 Å². The van der Waals surface area contributed by atoms with Crippen LogP contribution < -0.4 is 0 Å². The molecule has 1 heterocycles. The van der Waals surface area contributed by atoms with Gasteiger partial charge in [0.15, 0.2) is 15.6 Å². The van der Waals surface area contributed by atoms with Gasteiger partial charge in [-0.15, -0.1) is 0 Å². The molecule has 1 aromatic carbocycles. The van der Waals surface area contributed by atoms with Crippen molar-refractivity contribution in [1.29, 1.82) is 0 Å². The summed E-state index contributed by atoms with van der Waals surface area (Å²) in [5.41, 5.74) is 1.54. The molecule has 0 amide bonds. The predicted molar refractivity (Wildman–Crippen MR) is 78.3 cm³/mol. The zero-order chi connectivity index (χ0) is 15.1. The van der Waals surface area contributed by atoms with E-state index < -0.39 is 14.6 Å². The topological polar surface area (TPSA) is 69.0 Å². The molecule has 0 atom stereocenters. The number of aryl methyl sites for hydroxylation is 1. The Kier molecular flexibility index (Phi) is 3.46. The van der Waals surface area contributed by atoms with Crippen molar-refractivity contribution < 1.29 is 13.2 Å². The maximum atomic E-state index is 12.3. The van der Waals surface area contributed by atoms with Gasteiger partial charge in [-0.05, 0) is 19.9 Å². The Bertz CT molecular complexity index is 773. The molecule has 0 N–H and O–H groups in total. The smallest absolute Gasteiger partial charge is 0.159 e. The second kappa shape index (κ2) is 4.70. The lowest BCUT2D eigenvalue weighted by molar-refractivity contribution is -0.120. The van der Waals surface area contributed by atoms with Crippen LogP contribution in [0.5, 0.6) is 0 Å². The third-order valence-electron chi connectivity index (χ3n) is 3.76. The molecule has 0 aliphatic rings. The number of rotatable bonds is 4. The molecule has 20 heavy (non-hydrogen) atoms. The van der Waals surface area contributed by atoms with Gasteiger partial charge in [-0.3, -0.25) is 9.48 Å². The van der Waals surface area contributed by atoms with Gasteiger partial charge in [-0.25, -0.2) is 8.42 Å². The Morgan fingerprint density at radius 2 is 1.90 bits per heavy atom. The Morgan fingerprint density at radius 3 is 2.50 bits per heavy atom. The average Bonchev–Trinajstić information content (AvgIpc) is 2.65. The molecule has 108 valence electrons. The molecule has 0 unspecified atom stereocenters.